The molecule has 0 amide bonds. The van der Waals surface area contributed by atoms with E-state index in [0.717, 1.165) is 35.8 Å². The summed E-state index contributed by atoms with van der Waals surface area (Å²) in [4.78, 5) is 4.21. The van der Waals surface area contributed by atoms with Gasteiger partial charge in [0.25, 0.3) is 0 Å². The molecule has 114 valence electrons. The third-order valence-corrected chi connectivity index (χ3v) is 3.53. The van der Waals surface area contributed by atoms with Crippen molar-refractivity contribution in [1.29, 1.82) is 0 Å². The van der Waals surface area contributed by atoms with Gasteiger partial charge in [0.05, 0.1) is 24.9 Å². The highest BCUT2D eigenvalue weighted by Crippen LogP contribution is 2.28. The first-order valence-electron chi connectivity index (χ1n) is 6.70. The number of nitrogens with zero attached hydrogens (tertiary/aromatic N) is 1. The predicted molar refractivity (Wildman–Crippen MR) is 83.0 cm³/mol. The highest BCUT2D eigenvalue weighted by atomic mass is 32.1. The predicted octanol–water partition coefficient (Wildman–Crippen LogP) is 2.47. The summed E-state index contributed by atoms with van der Waals surface area (Å²) in [5, 5.41) is 5.28. The molecule has 6 heteroatoms. The molecule has 0 saturated heterocycles. The van der Waals surface area contributed by atoms with Gasteiger partial charge in [0.1, 0.15) is 6.61 Å². The molecule has 0 aliphatic rings. The zero-order chi connectivity index (χ0) is 14.9. The van der Waals surface area contributed by atoms with E-state index in [0.29, 0.717) is 13.2 Å². The molecule has 2 rings (SSSR count). The fourth-order valence-electron chi connectivity index (χ4n) is 1.81. The topological polar surface area (TPSA) is 52.6 Å². The third-order valence-electron chi connectivity index (χ3n) is 2.90. The molecule has 2 aromatic rings. The first-order chi connectivity index (χ1) is 10.3. The van der Waals surface area contributed by atoms with Crippen LogP contribution in [0.4, 0.5) is 0 Å². The van der Waals surface area contributed by atoms with Crippen molar-refractivity contribution in [3.8, 4) is 11.5 Å². The van der Waals surface area contributed by atoms with Crippen molar-refractivity contribution in [1.82, 2.24) is 10.3 Å². The molecule has 1 aromatic carbocycles. The number of nitrogens with one attached hydrogen (secondary N) is 1. The van der Waals surface area contributed by atoms with Crippen molar-refractivity contribution in [2.24, 2.45) is 0 Å². The maximum absolute atomic E-state index is 5.81. The number of aromatic nitrogens is 1. The molecule has 0 fully saturated rings. The first-order valence-corrected chi connectivity index (χ1v) is 7.64. The summed E-state index contributed by atoms with van der Waals surface area (Å²) in [6, 6.07) is 5.93. The van der Waals surface area contributed by atoms with E-state index in [2.05, 4.69) is 10.3 Å². The second-order valence-corrected chi connectivity index (χ2v) is 5.14. The van der Waals surface area contributed by atoms with Gasteiger partial charge < -0.3 is 19.5 Å². The van der Waals surface area contributed by atoms with Gasteiger partial charge in [0.15, 0.2) is 11.5 Å². The minimum atomic E-state index is 0.445. The Bertz CT molecular complexity index is 532. The first kappa shape index (κ1) is 15.8. The van der Waals surface area contributed by atoms with Crippen molar-refractivity contribution in [2.45, 2.75) is 13.2 Å². The van der Waals surface area contributed by atoms with Crippen molar-refractivity contribution >= 4 is 11.3 Å². The van der Waals surface area contributed by atoms with E-state index < -0.39 is 0 Å². The molecular formula is C15H20N2O3S. The Morgan fingerprint density at radius 2 is 2.14 bits per heavy atom. The summed E-state index contributed by atoms with van der Waals surface area (Å²) in [7, 11) is 3.33. The molecule has 0 bridgehead atoms. The number of thiazole rings is 1. The summed E-state index contributed by atoms with van der Waals surface area (Å²) in [6.07, 6.45) is 0. The van der Waals surface area contributed by atoms with Crippen LogP contribution < -0.4 is 14.8 Å². The van der Waals surface area contributed by atoms with Crippen LogP contribution >= 0.6 is 11.3 Å². The van der Waals surface area contributed by atoms with Crippen LogP contribution in [-0.4, -0.2) is 32.4 Å². The third kappa shape index (κ3) is 5.00. The summed E-state index contributed by atoms with van der Waals surface area (Å²) >= 11 is 1.56. The van der Waals surface area contributed by atoms with E-state index in [1.54, 1.807) is 31.1 Å². The van der Waals surface area contributed by atoms with Crippen LogP contribution in [0.1, 0.15) is 11.3 Å². The van der Waals surface area contributed by atoms with Crippen molar-refractivity contribution in [2.75, 3.05) is 27.4 Å². The minimum Gasteiger partial charge on any atom is -0.493 e. The van der Waals surface area contributed by atoms with E-state index >= 15 is 0 Å². The summed E-state index contributed by atoms with van der Waals surface area (Å²) < 4.78 is 16.1. The molecule has 1 N–H and O–H groups in total. The molecule has 1 heterocycles. The smallest absolute Gasteiger partial charge is 0.162 e. The standard InChI is InChI=1S/C15H20N2O3S/c1-18-6-5-16-8-12-3-4-14(19-2)15(7-12)20-9-13-10-21-11-17-13/h3-4,7,10-11,16H,5-6,8-9H2,1-2H3. The summed E-state index contributed by atoms with van der Waals surface area (Å²) in [5.74, 6) is 1.46. The van der Waals surface area contributed by atoms with Crippen LogP contribution in [0.15, 0.2) is 29.1 Å². The molecule has 0 aliphatic heterocycles. The SMILES string of the molecule is COCCNCc1ccc(OC)c(OCc2cscn2)c1. The Morgan fingerprint density at radius 3 is 2.86 bits per heavy atom. The van der Waals surface area contributed by atoms with Crippen LogP contribution in [0.25, 0.3) is 0 Å². The fraction of sp³-hybridized carbons (Fsp3) is 0.400. The van der Waals surface area contributed by atoms with Crippen LogP contribution in [0.2, 0.25) is 0 Å². The monoisotopic (exact) mass is 308 g/mol. The second kappa shape index (κ2) is 8.61. The van der Waals surface area contributed by atoms with Crippen molar-refractivity contribution in [3.05, 3.63) is 40.3 Å². The Kier molecular flexibility index (Phi) is 6.46. The molecule has 1 aromatic heterocycles. The molecule has 0 spiro atoms. The van der Waals surface area contributed by atoms with E-state index in [1.807, 2.05) is 23.6 Å². The lowest BCUT2D eigenvalue weighted by atomic mass is 10.2. The number of ether oxygens (including phenoxy) is 3. The lowest BCUT2D eigenvalue weighted by molar-refractivity contribution is 0.199. The normalized spacial score (nSPS) is 10.6. The van der Waals surface area contributed by atoms with E-state index in [9.17, 15) is 0 Å². The van der Waals surface area contributed by atoms with Gasteiger partial charge in [0.2, 0.25) is 0 Å². The maximum Gasteiger partial charge on any atom is 0.162 e. The highest BCUT2D eigenvalue weighted by molar-refractivity contribution is 7.07. The van der Waals surface area contributed by atoms with Crippen LogP contribution in [0.5, 0.6) is 11.5 Å². The molecule has 0 atom stereocenters. The van der Waals surface area contributed by atoms with Gasteiger partial charge in [-0.2, -0.15) is 0 Å². The van der Waals surface area contributed by atoms with Gasteiger partial charge in [-0.25, -0.2) is 4.98 Å². The average molecular weight is 308 g/mol. The van der Waals surface area contributed by atoms with Gasteiger partial charge >= 0.3 is 0 Å². The van der Waals surface area contributed by atoms with Gasteiger partial charge in [-0.05, 0) is 17.7 Å². The minimum absolute atomic E-state index is 0.445. The second-order valence-electron chi connectivity index (χ2n) is 4.42. The number of hydrogen-bond donors (Lipinski definition) is 1. The Balaban J connectivity index is 1.96. The van der Waals surface area contributed by atoms with Crippen LogP contribution in [-0.2, 0) is 17.9 Å². The summed E-state index contributed by atoms with van der Waals surface area (Å²) in [5.41, 5.74) is 3.86. The molecular weight excluding hydrogens is 288 g/mol. The highest BCUT2D eigenvalue weighted by Gasteiger charge is 2.07. The molecule has 0 radical (unpaired) electrons. The number of methoxy groups -OCH3 is 2. The Morgan fingerprint density at radius 1 is 1.24 bits per heavy atom. The van der Waals surface area contributed by atoms with Crippen LogP contribution in [0.3, 0.4) is 0 Å². The Hall–Kier alpha value is -1.63. The Labute approximate surface area is 128 Å². The number of rotatable bonds is 9. The van der Waals surface area contributed by atoms with Gasteiger partial charge in [0, 0.05) is 25.6 Å². The van der Waals surface area contributed by atoms with Crippen molar-refractivity contribution < 1.29 is 14.2 Å². The van der Waals surface area contributed by atoms with Crippen molar-refractivity contribution in [3.63, 3.8) is 0 Å². The molecule has 0 unspecified atom stereocenters. The quantitative estimate of drug-likeness (QED) is 0.721. The fourth-order valence-corrected chi connectivity index (χ4v) is 2.35. The van der Waals surface area contributed by atoms with Gasteiger partial charge in [-0.3, -0.25) is 0 Å². The molecule has 0 saturated carbocycles. The number of benzene rings is 1. The lowest BCUT2D eigenvalue weighted by Gasteiger charge is -2.12. The zero-order valence-corrected chi connectivity index (χ0v) is 13.1. The van der Waals surface area contributed by atoms with E-state index in [4.69, 9.17) is 14.2 Å². The van der Waals surface area contributed by atoms with E-state index in [1.165, 1.54) is 0 Å². The van der Waals surface area contributed by atoms with Gasteiger partial charge in [-0.15, -0.1) is 11.3 Å². The maximum atomic E-state index is 5.81. The number of hydrogen-bond acceptors (Lipinski definition) is 6. The van der Waals surface area contributed by atoms with Gasteiger partial charge in [-0.1, -0.05) is 6.07 Å². The summed E-state index contributed by atoms with van der Waals surface area (Å²) in [6.45, 7) is 2.72. The molecule has 0 aliphatic carbocycles. The lowest BCUT2D eigenvalue weighted by Crippen LogP contribution is -2.18. The van der Waals surface area contributed by atoms with Crippen LogP contribution in [0, 0.1) is 0 Å². The zero-order valence-electron chi connectivity index (χ0n) is 12.3. The largest absolute Gasteiger partial charge is 0.493 e. The van der Waals surface area contributed by atoms with E-state index in [-0.39, 0.29) is 0 Å². The molecule has 21 heavy (non-hydrogen) atoms. The average Bonchev–Trinajstić information content (AvgIpc) is 3.03. The molecule has 5 nitrogen and oxygen atoms in total.